The smallest absolute Gasteiger partial charge is 0.344 e. The van der Waals surface area contributed by atoms with Crippen LogP contribution in [0.25, 0.3) is 0 Å². The Bertz CT molecular complexity index is 871. The van der Waals surface area contributed by atoms with Crippen LogP contribution in [-0.4, -0.2) is 36.6 Å². The molecular formula is C18H17ClN2O7. The average Bonchev–Trinajstić information content (AvgIpc) is 2.67. The molecule has 2 aromatic rings. The number of ether oxygens (including phenoxy) is 3. The van der Waals surface area contributed by atoms with Gasteiger partial charge in [-0.2, -0.15) is 0 Å². The number of nitrogens with zero attached hydrogens (tertiary/aromatic N) is 1. The number of nitro groups is 1. The van der Waals surface area contributed by atoms with Crippen LogP contribution in [0.5, 0.6) is 11.5 Å². The van der Waals surface area contributed by atoms with E-state index in [0.717, 1.165) is 0 Å². The second-order valence-corrected chi connectivity index (χ2v) is 5.94. The zero-order valence-corrected chi connectivity index (χ0v) is 15.8. The number of hydrogen-bond donors (Lipinski definition) is 1. The molecule has 0 spiro atoms. The summed E-state index contributed by atoms with van der Waals surface area (Å²) in [4.78, 5) is 34.3. The lowest BCUT2D eigenvalue weighted by Crippen LogP contribution is -2.31. The van der Waals surface area contributed by atoms with E-state index in [1.807, 2.05) is 0 Å². The number of nitrogens with one attached hydrogen (secondary N) is 1. The minimum atomic E-state index is -1.12. The zero-order chi connectivity index (χ0) is 20.7. The van der Waals surface area contributed by atoms with Crippen molar-refractivity contribution in [3.63, 3.8) is 0 Å². The van der Waals surface area contributed by atoms with Crippen molar-refractivity contribution in [1.29, 1.82) is 0 Å². The molecule has 0 fully saturated rings. The minimum absolute atomic E-state index is 0.104. The van der Waals surface area contributed by atoms with Gasteiger partial charge in [-0.3, -0.25) is 14.9 Å². The van der Waals surface area contributed by atoms with Gasteiger partial charge in [0, 0.05) is 11.1 Å². The maximum atomic E-state index is 12.2. The molecule has 2 aromatic carbocycles. The largest absolute Gasteiger partial charge is 0.494 e. The molecule has 10 heteroatoms. The third-order valence-electron chi connectivity index (χ3n) is 3.50. The lowest BCUT2D eigenvalue weighted by molar-refractivity contribution is -0.384. The number of nitro benzene ring substituents is 1. The maximum Gasteiger partial charge on any atom is 0.344 e. The van der Waals surface area contributed by atoms with E-state index in [1.165, 1.54) is 32.2 Å². The summed E-state index contributed by atoms with van der Waals surface area (Å²) in [5.74, 6) is -0.846. The third-order valence-corrected chi connectivity index (χ3v) is 3.75. The van der Waals surface area contributed by atoms with E-state index < -0.39 is 22.9 Å². The fourth-order valence-electron chi connectivity index (χ4n) is 2.09. The Hall–Kier alpha value is -3.33. The average molecular weight is 409 g/mol. The van der Waals surface area contributed by atoms with Gasteiger partial charge in [0.15, 0.2) is 12.7 Å². The summed E-state index contributed by atoms with van der Waals surface area (Å²) in [5.41, 5.74) is 0.0205. The highest BCUT2D eigenvalue weighted by Gasteiger charge is 2.20. The number of esters is 1. The van der Waals surface area contributed by atoms with E-state index in [0.29, 0.717) is 10.8 Å². The van der Waals surface area contributed by atoms with Gasteiger partial charge in [0.2, 0.25) is 0 Å². The highest BCUT2D eigenvalue weighted by Crippen LogP contribution is 2.29. The number of carbonyl (C=O) groups is 2. The fourth-order valence-corrected chi connectivity index (χ4v) is 2.21. The van der Waals surface area contributed by atoms with Crippen LogP contribution in [0.3, 0.4) is 0 Å². The quantitative estimate of drug-likeness (QED) is 0.405. The van der Waals surface area contributed by atoms with Crippen LogP contribution in [0, 0.1) is 10.1 Å². The molecule has 0 radical (unpaired) electrons. The summed E-state index contributed by atoms with van der Waals surface area (Å²) in [6.07, 6.45) is -1.12. The van der Waals surface area contributed by atoms with E-state index >= 15 is 0 Å². The predicted molar refractivity (Wildman–Crippen MR) is 101 cm³/mol. The summed E-state index contributed by atoms with van der Waals surface area (Å²) >= 11 is 5.76. The summed E-state index contributed by atoms with van der Waals surface area (Å²) < 4.78 is 15.3. The van der Waals surface area contributed by atoms with Gasteiger partial charge in [0.05, 0.1) is 23.8 Å². The first-order valence-electron chi connectivity index (χ1n) is 8.01. The molecule has 0 aromatic heterocycles. The fraction of sp³-hybridized carbons (Fsp3) is 0.222. The summed E-state index contributed by atoms with van der Waals surface area (Å²) in [6.45, 7) is 0.994. The van der Waals surface area contributed by atoms with E-state index in [4.69, 9.17) is 25.8 Å². The SMILES string of the molecule is COc1cc([N+](=O)[O-])ccc1NC(=O)[C@H](C)OC(=O)COc1ccc(Cl)cc1. The number of amides is 1. The number of anilines is 1. The zero-order valence-electron chi connectivity index (χ0n) is 15.0. The molecule has 2 rings (SSSR count). The molecule has 1 atom stereocenters. The molecule has 1 N–H and O–H groups in total. The topological polar surface area (TPSA) is 117 Å². The predicted octanol–water partition coefficient (Wildman–Crippen LogP) is 3.21. The van der Waals surface area contributed by atoms with E-state index in [2.05, 4.69) is 5.32 Å². The number of rotatable bonds is 8. The van der Waals surface area contributed by atoms with Crippen LogP contribution < -0.4 is 14.8 Å². The molecule has 0 saturated heterocycles. The molecule has 0 aliphatic rings. The van der Waals surface area contributed by atoms with E-state index in [9.17, 15) is 19.7 Å². The third kappa shape index (κ3) is 5.85. The Morgan fingerprint density at radius 3 is 2.50 bits per heavy atom. The molecule has 148 valence electrons. The Labute approximate surface area is 165 Å². The van der Waals surface area contributed by atoms with Crippen molar-refractivity contribution in [2.24, 2.45) is 0 Å². The number of hydrogen-bond acceptors (Lipinski definition) is 7. The molecule has 0 heterocycles. The van der Waals surface area contributed by atoms with Gasteiger partial charge in [0.1, 0.15) is 11.5 Å². The van der Waals surface area contributed by atoms with Gasteiger partial charge >= 0.3 is 5.97 Å². The Morgan fingerprint density at radius 1 is 1.21 bits per heavy atom. The van der Waals surface area contributed by atoms with Crippen LogP contribution in [0.2, 0.25) is 5.02 Å². The first-order chi connectivity index (χ1) is 13.3. The molecule has 0 saturated carbocycles. The van der Waals surface area contributed by atoms with Gasteiger partial charge in [0.25, 0.3) is 11.6 Å². The van der Waals surface area contributed by atoms with E-state index in [-0.39, 0.29) is 23.7 Å². The van der Waals surface area contributed by atoms with Crippen molar-refractivity contribution in [3.05, 3.63) is 57.6 Å². The standard InChI is InChI=1S/C18H17ClN2O7/c1-11(28-17(22)10-27-14-6-3-12(19)4-7-14)18(23)20-15-8-5-13(21(24)25)9-16(15)26-2/h3-9,11H,10H2,1-2H3,(H,20,23)/t11-/m0/s1. The monoisotopic (exact) mass is 408 g/mol. The molecule has 1 amide bonds. The minimum Gasteiger partial charge on any atom is -0.494 e. The van der Waals surface area contributed by atoms with Gasteiger partial charge < -0.3 is 19.5 Å². The first kappa shape index (κ1) is 21.0. The molecule has 0 aliphatic carbocycles. The van der Waals surface area contributed by atoms with E-state index in [1.54, 1.807) is 24.3 Å². The number of carbonyl (C=O) groups excluding carboxylic acids is 2. The number of non-ortho nitro benzene ring substituents is 1. The molecule has 0 unspecified atom stereocenters. The Balaban J connectivity index is 1.90. The molecule has 0 aliphatic heterocycles. The van der Waals surface area contributed by atoms with Crippen molar-refractivity contribution in [2.45, 2.75) is 13.0 Å². The van der Waals surface area contributed by atoms with Crippen LogP contribution in [-0.2, 0) is 14.3 Å². The number of methoxy groups -OCH3 is 1. The van der Waals surface area contributed by atoms with Crippen molar-refractivity contribution in [3.8, 4) is 11.5 Å². The second-order valence-electron chi connectivity index (χ2n) is 5.51. The van der Waals surface area contributed by atoms with Crippen molar-refractivity contribution in [1.82, 2.24) is 0 Å². The maximum absolute atomic E-state index is 12.2. The van der Waals surface area contributed by atoms with Gasteiger partial charge in [-0.05, 0) is 37.3 Å². The summed E-state index contributed by atoms with van der Waals surface area (Å²) in [7, 11) is 1.31. The molecule has 28 heavy (non-hydrogen) atoms. The number of halogens is 1. The number of benzene rings is 2. The van der Waals surface area contributed by atoms with Crippen LogP contribution >= 0.6 is 11.6 Å². The van der Waals surface area contributed by atoms with Gasteiger partial charge in [-0.1, -0.05) is 11.6 Å². The highest BCUT2D eigenvalue weighted by atomic mass is 35.5. The van der Waals surface area contributed by atoms with Crippen molar-refractivity contribution >= 4 is 34.9 Å². The first-order valence-corrected chi connectivity index (χ1v) is 8.39. The van der Waals surface area contributed by atoms with Crippen LogP contribution in [0.15, 0.2) is 42.5 Å². The lowest BCUT2D eigenvalue weighted by atomic mass is 10.2. The van der Waals surface area contributed by atoms with Gasteiger partial charge in [-0.25, -0.2) is 4.79 Å². The van der Waals surface area contributed by atoms with Crippen LogP contribution in [0.1, 0.15) is 6.92 Å². The molecular weight excluding hydrogens is 392 g/mol. The Kier molecular flexibility index (Phi) is 7.16. The molecule has 0 bridgehead atoms. The summed E-state index contributed by atoms with van der Waals surface area (Å²) in [5, 5.41) is 13.8. The Morgan fingerprint density at radius 2 is 1.89 bits per heavy atom. The highest BCUT2D eigenvalue weighted by molar-refractivity contribution is 6.30. The normalized spacial score (nSPS) is 11.2. The lowest BCUT2D eigenvalue weighted by Gasteiger charge is -2.15. The molecule has 9 nitrogen and oxygen atoms in total. The van der Waals surface area contributed by atoms with Crippen LogP contribution in [0.4, 0.5) is 11.4 Å². The van der Waals surface area contributed by atoms with Crippen molar-refractivity contribution < 1.29 is 28.7 Å². The second kappa shape index (κ2) is 9.56. The van der Waals surface area contributed by atoms with Gasteiger partial charge in [-0.15, -0.1) is 0 Å². The van der Waals surface area contributed by atoms with Crippen molar-refractivity contribution in [2.75, 3.05) is 19.0 Å². The summed E-state index contributed by atoms with van der Waals surface area (Å²) in [6, 6.07) is 10.1.